The van der Waals surface area contributed by atoms with Gasteiger partial charge in [0.2, 0.25) is 0 Å². The van der Waals surface area contributed by atoms with Crippen LogP contribution in [0.3, 0.4) is 0 Å². The third-order valence-corrected chi connectivity index (χ3v) is 3.71. The average molecular weight is 277 g/mol. The Balaban J connectivity index is 2.16. The number of rotatable bonds is 3. The van der Waals surface area contributed by atoms with Crippen LogP contribution in [0.25, 0.3) is 0 Å². The summed E-state index contributed by atoms with van der Waals surface area (Å²) < 4.78 is 0. The van der Waals surface area contributed by atoms with E-state index < -0.39 is 0 Å². The number of oxime groups is 1. The fourth-order valence-corrected chi connectivity index (χ4v) is 2.49. The van der Waals surface area contributed by atoms with E-state index in [4.69, 9.17) is 10.9 Å². The lowest BCUT2D eigenvalue weighted by molar-refractivity contribution is 0.209. The van der Waals surface area contributed by atoms with Gasteiger partial charge < -0.3 is 15.8 Å². The highest BCUT2D eigenvalue weighted by Gasteiger charge is 2.20. The van der Waals surface area contributed by atoms with Crippen molar-refractivity contribution in [2.24, 2.45) is 10.9 Å². The van der Waals surface area contributed by atoms with Crippen molar-refractivity contribution in [2.75, 3.05) is 31.1 Å². The van der Waals surface area contributed by atoms with E-state index in [2.05, 4.69) is 33.8 Å². The zero-order valence-corrected chi connectivity index (χ0v) is 12.4. The van der Waals surface area contributed by atoms with Crippen LogP contribution < -0.4 is 10.6 Å². The van der Waals surface area contributed by atoms with Crippen molar-refractivity contribution in [2.45, 2.75) is 26.8 Å². The van der Waals surface area contributed by atoms with Gasteiger partial charge in [0.1, 0.15) is 5.82 Å². The first-order valence-corrected chi connectivity index (χ1v) is 6.97. The number of pyridine rings is 1. The van der Waals surface area contributed by atoms with E-state index in [1.807, 2.05) is 19.1 Å². The molecular formula is C14H23N5O. The van der Waals surface area contributed by atoms with Crippen LogP contribution >= 0.6 is 0 Å². The first-order valence-electron chi connectivity index (χ1n) is 6.97. The molecule has 0 aromatic carbocycles. The van der Waals surface area contributed by atoms with Crippen LogP contribution in [-0.4, -0.2) is 53.1 Å². The highest BCUT2D eigenvalue weighted by molar-refractivity contribution is 5.97. The molecule has 110 valence electrons. The summed E-state index contributed by atoms with van der Waals surface area (Å²) in [5.74, 6) is 1.02. The monoisotopic (exact) mass is 277 g/mol. The number of piperazine rings is 1. The molecule has 0 spiro atoms. The van der Waals surface area contributed by atoms with E-state index in [0.29, 0.717) is 11.6 Å². The Bertz CT molecular complexity index is 492. The molecule has 20 heavy (non-hydrogen) atoms. The second kappa shape index (κ2) is 6.09. The Kier molecular flexibility index (Phi) is 4.44. The van der Waals surface area contributed by atoms with E-state index >= 15 is 0 Å². The molecule has 3 N–H and O–H groups in total. The lowest BCUT2D eigenvalue weighted by atomic mass is 10.2. The third-order valence-electron chi connectivity index (χ3n) is 3.71. The van der Waals surface area contributed by atoms with Crippen molar-refractivity contribution in [3.05, 3.63) is 23.4 Å². The van der Waals surface area contributed by atoms with Gasteiger partial charge in [0.25, 0.3) is 0 Å². The smallest absolute Gasteiger partial charge is 0.170 e. The summed E-state index contributed by atoms with van der Waals surface area (Å²) in [6.07, 6.45) is 0. The van der Waals surface area contributed by atoms with Crippen LogP contribution in [0.5, 0.6) is 0 Å². The van der Waals surface area contributed by atoms with Crippen LogP contribution in [0, 0.1) is 6.92 Å². The van der Waals surface area contributed by atoms with Gasteiger partial charge in [0, 0.05) is 43.5 Å². The SMILES string of the molecule is Cc1cc(/C(N)=N/O)cc(N2CCN(C(C)C)CC2)n1. The maximum Gasteiger partial charge on any atom is 0.170 e. The molecular weight excluding hydrogens is 254 g/mol. The largest absolute Gasteiger partial charge is 0.409 e. The van der Waals surface area contributed by atoms with E-state index in [-0.39, 0.29) is 5.84 Å². The fraction of sp³-hybridized carbons (Fsp3) is 0.571. The summed E-state index contributed by atoms with van der Waals surface area (Å²) in [4.78, 5) is 9.26. The molecule has 2 heterocycles. The van der Waals surface area contributed by atoms with Crippen molar-refractivity contribution in [3.8, 4) is 0 Å². The molecule has 6 heteroatoms. The average Bonchev–Trinajstić information content (AvgIpc) is 2.45. The second-order valence-electron chi connectivity index (χ2n) is 5.46. The molecule has 0 radical (unpaired) electrons. The Morgan fingerprint density at radius 3 is 2.50 bits per heavy atom. The summed E-state index contributed by atoms with van der Waals surface area (Å²) in [6, 6.07) is 4.28. The second-order valence-corrected chi connectivity index (χ2v) is 5.46. The van der Waals surface area contributed by atoms with Gasteiger partial charge >= 0.3 is 0 Å². The topological polar surface area (TPSA) is 78.0 Å². The first kappa shape index (κ1) is 14.6. The zero-order chi connectivity index (χ0) is 14.7. The Labute approximate surface area is 119 Å². The molecule has 1 aliphatic heterocycles. The minimum Gasteiger partial charge on any atom is -0.409 e. The maximum absolute atomic E-state index is 8.80. The van der Waals surface area contributed by atoms with Crippen LogP contribution in [-0.2, 0) is 0 Å². The number of nitrogens with zero attached hydrogens (tertiary/aromatic N) is 4. The molecule has 0 aliphatic carbocycles. The maximum atomic E-state index is 8.80. The quantitative estimate of drug-likeness (QED) is 0.373. The van der Waals surface area contributed by atoms with Crippen molar-refractivity contribution in [3.63, 3.8) is 0 Å². The molecule has 1 fully saturated rings. The minimum absolute atomic E-state index is 0.123. The van der Waals surface area contributed by atoms with Crippen molar-refractivity contribution in [1.29, 1.82) is 0 Å². The number of nitrogens with two attached hydrogens (primary N) is 1. The molecule has 1 aromatic heterocycles. The summed E-state index contributed by atoms with van der Waals surface area (Å²) in [6.45, 7) is 10.3. The molecule has 0 amide bonds. The molecule has 0 bridgehead atoms. The van der Waals surface area contributed by atoms with Crippen molar-refractivity contribution < 1.29 is 5.21 Å². The summed E-state index contributed by atoms with van der Waals surface area (Å²) in [7, 11) is 0. The Morgan fingerprint density at radius 1 is 1.30 bits per heavy atom. The first-order chi connectivity index (χ1) is 9.51. The minimum atomic E-state index is 0.123. The number of hydrogen-bond donors (Lipinski definition) is 2. The van der Waals surface area contributed by atoms with Gasteiger partial charge in [0.05, 0.1) is 0 Å². The molecule has 0 unspecified atom stereocenters. The normalized spacial score (nSPS) is 17.8. The molecule has 6 nitrogen and oxygen atoms in total. The summed E-state index contributed by atoms with van der Waals surface area (Å²) in [5, 5.41) is 11.9. The van der Waals surface area contributed by atoms with Gasteiger partial charge in [-0.05, 0) is 32.9 Å². The summed E-state index contributed by atoms with van der Waals surface area (Å²) in [5.41, 5.74) is 7.25. The molecule has 0 atom stereocenters. The Hall–Kier alpha value is -1.82. The summed E-state index contributed by atoms with van der Waals surface area (Å²) >= 11 is 0. The number of amidine groups is 1. The highest BCUT2D eigenvalue weighted by Crippen LogP contribution is 2.17. The predicted molar refractivity (Wildman–Crippen MR) is 80.4 cm³/mol. The van der Waals surface area contributed by atoms with E-state index in [1.165, 1.54) is 0 Å². The highest BCUT2D eigenvalue weighted by atomic mass is 16.4. The fourth-order valence-electron chi connectivity index (χ4n) is 2.49. The van der Waals surface area contributed by atoms with E-state index in [0.717, 1.165) is 37.7 Å². The standard InChI is InChI=1S/C14H23N5O/c1-10(2)18-4-6-19(7-5-18)13-9-12(14(15)17-20)8-11(3)16-13/h8-10,20H,4-7H2,1-3H3,(H2,15,17). The van der Waals surface area contributed by atoms with Gasteiger partial charge in [-0.25, -0.2) is 4.98 Å². The van der Waals surface area contributed by atoms with Crippen LogP contribution in [0.15, 0.2) is 17.3 Å². The van der Waals surface area contributed by atoms with Crippen molar-refractivity contribution >= 4 is 11.7 Å². The Morgan fingerprint density at radius 2 is 1.95 bits per heavy atom. The number of hydrogen-bond acceptors (Lipinski definition) is 5. The van der Waals surface area contributed by atoms with Crippen LogP contribution in [0.2, 0.25) is 0 Å². The number of aromatic nitrogens is 1. The molecule has 1 saturated heterocycles. The van der Waals surface area contributed by atoms with Gasteiger partial charge in [-0.1, -0.05) is 5.16 Å². The molecule has 2 rings (SSSR count). The predicted octanol–water partition coefficient (Wildman–Crippen LogP) is 1.01. The van der Waals surface area contributed by atoms with Crippen LogP contribution in [0.1, 0.15) is 25.1 Å². The lowest BCUT2D eigenvalue weighted by Gasteiger charge is -2.37. The lowest BCUT2D eigenvalue weighted by Crippen LogP contribution is -2.49. The van der Waals surface area contributed by atoms with E-state index in [9.17, 15) is 0 Å². The molecule has 1 aliphatic rings. The van der Waals surface area contributed by atoms with Gasteiger partial charge in [-0.2, -0.15) is 0 Å². The number of anilines is 1. The third kappa shape index (κ3) is 3.19. The molecule has 0 saturated carbocycles. The van der Waals surface area contributed by atoms with Crippen molar-refractivity contribution in [1.82, 2.24) is 9.88 Å². The van der Waals surface area contributed by atoms with E-state index in [1.54, 1.807) is 0 Å². The van der Waals surface area contributed by atoms with Gasteiger partial charge in [-0.3, -0.25) is 4.90 Å². The number of aryl methyl sites for hydroxylation is 1. The van der Waals surface area contributed by atoms with Gasteiger partial charge in [0.15, 0.2) is 5.84 Å². The van der Waals surface area contributed by atoms with Crippen LogP contribution in [0.4, 0.5) is 5.82 Å². The zero-order valence-electron chi connectivity index (χ0n) is 12.4. The molecule has 1 aromatic rings. The van der Waals surface area contributed by atoms with Gasteiger partial charge in [-0.15, -0.1) is 0 Å².